The Hall–Kier alpha value is -4.01. The van der Waals surface area contributed by atoms with Gasteiger partial charge < -0.3 is 14.5 Å². The van der Waals surface area contributed by atoms with Crippen LogP contribution < -0.4 is 9.80 Å². The first-order chi connectivity index (χ1) is 14.5. The van der Waals surface area contributed by atoms with Crippen molar-refractivity contribution in [2.24, 2.45) is 0 Å². The van der Waals surface area contributed by atoms with Gasteiger partial charge in [-0.3, -0.25) is 10.1 Å². The lowest BCUT2D eigenvalue weighted by atomic mass is 10.1. The molecular formula is C21H21N5O4. The van der Waals surface area contributed by atoms with Crippen LogP contribution in [0.15, 0.2) is 60.9 Å². The first kappa shape index (κ1) is 20.7. The lowest BCUT2D eigenvalue weighted by molar-refractivity contribution is -0.383. The number of rotatable bonds is 7. The zero-order valence-electron chi connectivity index (χ0n) is 16.8. The van der Waals surface area contributed by atoms with Crippen molar-refractivity contribution >= 4 is 34.7 Å². The number of nitro groups is 1. The van der Waals surface area contributed by atoms with Crippen molar-refractivity contribution < 1.29 is 14.5 Å². The minimum absolute atomic E-state index is 0.0655. The Labute approximate surface area is 173 Å². The summed E-state index contributed by atoms with van der Waals surface area (Å²) >= 11 is 0. The number of hydrogen-bond acceptors (Lipinski definition) is 8. The van der Waals surface area contributed by atoms with E-state index in [1.165, 1.54) is 18.3 Å². The molecule has 9 heteroatoms. The molecule has 0 amide bonds. The highest BCUT2D eigenvalue weighted by Gasteiger charge is 2.30. The number of anilines is 4. The highest BCUT2D eigenvalue weighted by molar-refractivity contribution is 5.97. The molecule has 9 nitrogen and oxygen atoms in total. The van der Waals surface area contributed by atoms with E-state index >= 15 is 0 Å². The second-order valence-corrected chi connectivity index (χ2v) is 6.27. The smallest absolute Gasteiger partial charge is 0.354 e. The number of aromatic nitrogens is 2. The van der Waals surface area contributed by atoms with Crippen LogP contribution in [-0.2, 0) is 4.74 Å². The Balaban J connectivity index is 2.17. The van der Waals surface area contributed by atoms with Gasteiger partial charge in [-0.05, 0) is 31.2 Å². The van der Waals surface area contributed by atoms with Crippen LogP contribution in [0.4, 0.5) is 28.7 Å². The molecule has 0 N–H and O–H groups in total. The third-order valence-corrected chi connectivity index (χ3v) is 4.59. The standard InChI is InChI=1S/C21H21N5O4/c1-4-25(15-10-6-5-7-11-15)20-18(26(28)29)19(22-14-23-20)24(2)17-13-9-8-12-16(17)21(27)30-3/h5-14H,4H2,1-3H3. The van der Waals surface area contributed by atoms with E-state index in [1.54, 1.807) is 36.2 Å². The number of hydrogen-bond donors (Lipinski definition) is 0. The van der Waals surface area contributed by atoms with Crippen LogP contribution in [-0.4, -0.2) is 41.6 Å². The van der Waals surface area contributed by atoms with Gasteiger partial charge in [0.05, 0.1) is 23.3 Å². The molecule has 0 bridgehead atoms. The summed E-state index contributed by atoms with van der Waals surface area (Å²) in [5.74, 6) is -0.314. The van der Waals surface area contributed by atoms with Crippen molar-refractivity contribution in [3.63, 3.8) is 0 Å². The first-order valence-electron chi connectivity index (χ1n) is 9.22. The SMILES string of the molecule is CCN(c1ccccc1)c1ncnc(N(C)c2ccccc2C(=O)OC)c1[N+](=O)[O-]. The number of benzene rings is 2. The highest BCUT2D eigenvalue weighted by atomic mass is 16.6. The molecule has 3 aromatic rings. The Bertz CT molecular complexity index is 1060. The lowest BCUT2D eigenvalue weighted by Gasteiger charge is -2.25. The number of para-hydroxylation sites is 2. The van der Waals surface area contributed by atoms with Gasteiger partial charge >= 0.3 is 11.7 Å². The number of carbonyl (C=O) groups is 1. The number of esters is 1. The molecule has 0 atom stereocenters. The van der Waals surface area contributed by atoms with Crippen molar-refractivity contribution in [3.8, 4) is 0 Å². The van der Waals surface area contributed by atoms with Gasteiger partial charge in [0.25, 0.3) is 0 Å². The third-order valence-electron chi connectivity index (χ3n) is 4.59. The molecule has 0 unspecified atom stereocenters. The monoisotopic (exact) mass is 407 g/mol. The van der Waals surface area contributed by atoms with E-state index in [9.17, 15) is 14.9 Å². The van der Waals surface area contributed by atoms with Gasteiger partial charge in [-0.2, -0.15) is 0 Å². The van der Waals surface area contributed by atoms with Gasteiger partial charge in [-0.15, -0.1) is 0 Å². The molecule has 1 aromatic heterocycles. The molecule has 30 heavy (non-hydrogen) atoms. The number of nitrogens with zero attached hydrogens (tertiary/aromatic N) is 5. The van der Waals surface area contributed by atoms with Gasteiger partial charge in [0.1, 0.15) is 6.33 Å². The Morgan fingerprint density at radius 3 is 2.33 bits per heavy atom. The summed E-state index contributed by atoms with van der Waals surface area (Å²) in [4.78, 5) is 35.4. The maximum Gasteiger partial charge on any atom is 0.354 e. The predicted octanol–water partition coefficient (Wildman–Crippen LogP) is 4.10. The second-order valence-electron chi connectivity index (χ2n) is 6.27. The fraction of sp³-hybridized carbons (Fsp3) is 0.190. The number of carbonyl (C=O) groups excluding carboxylic acids is 1. The van der Waals surface area contributed by atoms with Crippen LogP contribution in [0.5, 0.6) is 0 Å². The van der Waals surface area contributed by atoms with E-state index in [2.05, 4.69) is 9.97 Å². The largest absolute Gasteiger partial charge is 0.465 e. The minimum atomic E-state index is -0.547. The van der Waals surface area contributed by atoms with E-state index < -0.39 is 10.9 Å². The maximum absolute atomic E-state index is 12.2. The first-order valence-corrected chi connectivity index (χ1v) is 9.22. The summed E-state index contributed by atoms with van der Waals surface area (Å²) in [5.41, 5.74) is 1.21. The molecule has 0 saturated carbocycles. The minimum Gasteiger partial charge on any atom is -0.465 e. The van der Waals surface area contributed by atoms with E-state index in [1.807, 2.05) is 37.3 Å². The third kappa shape index (κ3) is 3.90. The average Bonchev–Trinajstić information content (AvgIpc) is 2.79. The van der Waals surface area contributed by atoms with Crippen molar-refractivity contribution in [3.05, 3.63) is 76.6 Å². The molecule has 1 heterocycles. The Morgan fingerprint density at radius 2 is 1.70 bits per heavy atom. The zero-order valence-corrected chi connectivity index (χ0v) is 16.8. The van der Waals surface area contributed by atoms with Crippen molar-refractivity contribution in [1.29, 1.82) is 0 Å². The Kier molecular flexibility index (Phi) is 6.21. The van der Waals surface area contributed by atoms with Gasteiger partial charge in [-0.25, -0.2) is 14.8 Å². The van der Waals surface area contributed by atoms with Gasteiger partial charge in [0, 0.05) is 19.3 Å². The number of ether oxygens (including phenoxy) is 1. The highest BCUT2D eigenvalue weighted by Crippen LogP contribution is 2.39. The molecular weight excluding hydrogens is 386 g/mol. The molecule has 0 saturated heterocycles. The van der Waals surface area contributed by atoms with E-state index in [0.29, 0.717) is 12.2 Å². The fourth-order valence-corrected chi connectivity index (χ4v) is 3.19. The quantitative estimate of drug-likeness (QED) is 0.328. The second kappa shape index (κ2) is 8.99. The molecule has 0 fully saturated rings. The van der Waals surface area contributed by atoms with Crippen LogP contribution in [0.1, 0.15) is 17.3 Å². The normalized spacial score (nSPS) is 10.4. The zero-order chi connectivity index (χ0) is 21.7. The molecule has 0 aliphatic carbocycles. The van der Waals surface area contributed by atoms with Crippen LogP contribution >= 0.6 is 0 Å². The fourth-order valence-electron chi connectivity index (χ4n) is 3.19. The average molecular weight is 407 g/mol. The molecule has 0 aliphatic rings. The van der Waals surface area contributed by atoms with Crippen molar-refractivity contribution in [2.75, 3.05) is 30.5 Å². The van der Waals surface area contributed by atoms with Crippen molar-refractivity contribution in [2.45, 2.75) is 6.92 Å². The topological polar surface area (TPSA) is 102 Å². The molecule has 0 spiro atoms. The van der Waals surface area contributed by atoms with Crippen molar-refractivity contribution in [1.82, 2.24) is 9.97 Å². The summed E-state index contributed by atoms with van der Waals surface area (Å²) in [6.07, 6.45) is 1.28. The summed E-state index contributed by atoms with van der Waals surface area (Å²) < 4.78 is 4.84. The maximum atomic E-state index is 12.2. The predicted molar refractivity (Wildman–Crippen MR) is 114 cm³/mol. The van der Waals surface area contributed by atoms with Gasteiger partial charge in [0.2, 0.25) is 11.6 Å². The molecule has 2 aromatic carbocycles. The van der Waals surface area contributed by atoms with Crippen LogP contribution in [0.2, 0.25) is 0 Å². The van der Waals surface area contributed by atoms with Crippen LogP contribution in [0.25, 0.3) is 0 Å². The molecule has 0 aliphatic heterocycles. The summed E-state index contributed by atoms with van der Waals surface area (Å²) in [6.45, 7) is 2.35. The van der Waals surface area contributed by atoms with Crippen LogP contribution in [0.3, 0.4) is 0 Å². The molecule has 0 radical (unpaired) electrons. The van der Waals surface area contributed by atoms with Crippen LogP contribution in [0, 0.1) is 10.1 Å². The number of methoxy groups -OCH3 is 1. The van der Waals surface area contributed by atoms with Gasteiger partial charge in [-0.1, -0.05) is 30.3 Å². The van der Waals surface area contributed by atoms with E-state index in [-0.39, 0.29) is 22.9 Å². The summed E-state index contributed by atoms with van der Waals surface area (Å²) in [7, 11) is 2.89. The summed E-state index contributed by atoms with van der Waals surface area (Å²) in [5, 5.41) is 12.1. The van der Waals surface area contributed by atoms with Gasteiger partial charge in [0.15, 0.2) is 0 Å². The van der Waals surface area contributed by atoms with E-state index in [4.69, 9.17) is 4.74 Å². The van der Waals surface area contributed by atoms with E-state index in [0.717, 1.165) is 5.69 Å². The molecule has 154 valence electrons. The lowest BCUT2D eigenvalue weighted by Crippen LogP contribution is -2.22. The molecule has 3 rings (SSSR count). The summed E-state index contributed by atoms with van der Waals surface area (Å²) in [6, 6.07) is 16.0. The Morgan fingerprint density at radius 1 is 1.07 bits per heavy atom.